The number of rotatable bonds is 5. The summed E-state index contributed by atoms with van der Waals surface area (Å²) < 4.78 is 0. The highest BCUT2D eigenvalue weighted by molar-refractivity contribution is 6.04. The Morgan fingerprint density at radius 1 is 1.14 bits per heavy atom. The molecule has 0 radical (unpaired) electrons. The largest absolute Gasteiger partial charge is 0.481 e. The number of nitrogens with one attached hydrogen (secondary N) is 1. The van der Waals surface area contributed by atoms with Crippen LogP contribution in [0.15, 0.2) is 48.5 Å². The molecule has 2 aromatic rings. The highest BCUT2D eigenvalue weighted by Crippen LogP contribution is 2.13. The van der Waals surface area contributed by atoms with Crippen molar-refractivity contribution < 1.29 is 14.7 Å². The Hall–Kier alpha value is -3.13. The third kappa shape index (κ3) is 4.18. The molecular weight excluding hydrogens is 280 g/mol. The standard InChI is InChI=1S/C17H14N2O3/c18-11-13-2-1-3-14(10-13)17(22)19-15-7-4-12(5-8-15)6-9-16(20)21/h1-5,7-8,10H,6,9H2,(H,19,22)(H,20,21). The van der Waals surface area contributed by atoms with Gasteiger partial charge in [-0.25, -0.2) is 0 Å². The summed E-state index contributed by atoms with van der Waals surface area (Å²) in [5.74, 6) is -1.13. The number of nitriles is 1. The van der Waals surface area contributed by atoms with Gasteiger partial charge in [0.15, 0.2) is 0 Å². The first kappa shape index (κ1) is 15.3. The summed E-state index contributed by atoms with van der Waals surface area (Å²) in [7, 11) is 0. The Morgan fingerprint density at radius 2 is 1.86 bits per heavy atom. The fourth-order valence-electron chi connectivity index (χ4n) is 1.94. The molecule has 0 aromatic heterocycles. The number of hydrogen-bond donors (Lipinski definition) is 2. The topological polar surface area (TPSA) is 90.2 Å². The summed E-state index contributed by atoms with van der Waals surface area (Å²) in [5, 5.41) is 20.2. The maximum atomic E-state index is 12.1. The molecule has 0 saturated heterocycles. The zero-order chi connectivity index (χ0) is 15.9. The summed E-state index contributed by atoms with van der Waals surface area (Å²) in [6.07, 6.45) is 0.528. The number of benzene rings is 2. The third-order valence-electron chi connectivity index (χ3n) is 3.09. The summed E-state index contributed by atoms with van der Waals surface area (Å²) in [5.41, 5.74) is 2.35. The van der Waals surface area contributed by atoms with E-state index >= 15 is 0 Å². The van der Waals surface area contributed by atoms with Crippen LogP contribution in [-0.2, 0) is 11.2 Å². The van der Waals surface area contributed by atoms with Gasteiger partial charge in [-0.3, -0.25) is 9.59 Å². The van der Waals surface area contributed by atoms with Gasteiger partial charge in [0, 0.05) is 17.7 Å². The minimum absolute atomic E-state index is 0.0760. The molecule has 0 aliphatic heterocycles. The summed E-state index contributed by atoms with van der Waals surface area (Å²) in [6.45, 7) is 0. The fourth-order valence-corrected chi connectivity index (χ4v) is 1.94. The smallest absolute Gasteiger partial charge is 0.303 e. The Labute approximate surface area is 127 Å². The molecule has 0 aliphatic rings. The Morgan fingerprint density at radius 3 is 2.50 bits per heavy atom. The number of carboxylic acid groups (broad SMARTS) is 1. The third-order valence-corrected chi connectivity index (χ3v) is 3.09. The molecule has 22 heavy (non-hydrogen) atoms. The highest BCUT2D eigenvalue weighted by Gasteiger charge is 2.07. The molecule has 0 bridgehead atoms. The molecule has 110 valence electrons. The van der Waals surface area contributed by atoms with Gasteiger partial charge in [0.25, 0.3) is 5.91 Å². The molecule has 0 saturated carbocycles. The highest BCUT2D eigenvalue weighted by atomic mass is 16.4. The first-order chi connectivity index (χ1) is 10.6. The van der Waals surface area contributed by atoms with E-state index in [-0.39, 0.29) is 12.3 Å². The van der Waals surface area contributed by atoms with Crippen LogP contribution in [0, 0.1) is 11.3 Å². The van der Waals surface area contributed by atoms with Gasteiger partial charge in [-0.15, -0.1) is 0 Å². The molecule has 0 unspecified atom stereocenters. The van der Waals surface area contributed by atoms with Crippen molar-refractivity contribution in [1.82, 2.24) is 0 Å². The lowest BCUT2D eigenvalue weighted by Gasteiger charge is -2.06. The maximum Gasteiger partial charge on any atom is 0.303 e. The molecule has 0 aliphatic carbocycles. The summed E-state index contributed by atoms with van der Waals surface area (Å²) in [4.78, 5) is 22.6. The van der Waals surface area contributed by atoms with Crippen LogP contribution in [-0.4, -0.2) is 17.0 Å². The molecule has 5 nitrogen and oxygen atoms in total. The number of aryl methyl sites for hydroxylation is 1. The second-order valence-electron chi connectivity index (χ2n) is 4.74. The molecule has 2 aromatic carbocycles. The van der Waals surface area contributed by atoms with Gasteiger partial charge in [0.1, 0.15) is 0 Å². The van der Waals surface area contributed by atoms with E-state index < -0.39 is 5.97 Å². The van der Waals surface area contributed by atoms with E-state index in [1.807, 2.05) is 6.07 Å². The van der Waals surface area contributed by atoms with Crippen LogP contribution >= 0.6 is 0 Å². The van der Waals surface area contributed by atoms with Crippen molar-refractivity contribution in [2.24, 2.45) is 0 Å². The van der Waals surface area contributed by atoms with Crippen molar-refractivity contribution in [3.8, 4) is 6.07 Å². The molecular formula is C17H14N2O3. The Bertz CT molecular complexity index is 730. The van der Waals surface area contributed by atoms with Gasteiger partial charge in [-0.1, -0.05) is 18.2 Å². The molecule has 0 heterocycles. The van der Waals surface area contributed by atoms with Gasteiger partial charge in [-0.05, 0) is 42.3 Å². The van der Waals surface area contributed by atoms with Crippen LogP contribution in [0.4, 0.5) is 5.69 Å². The number of carbonyl (C=O) groups excluding carboxylic acids is 1. The second-order valence-corrected chi connectivity index (χ2v) is 4.74. The zero-order valence-electron chi connectivity index (χ0n) is 11.7. The number of hydrogen-bond acceptors (Lipinski definition) is 3. The Balaban J connectivity index is 2.02. The second kappa shape index (κ2) is 7.04. The minimum atomic E-state index is -0.838. The van der Waals surface area contributed by atoms with E-state index in [1.165, 1.54) is 6.07 Å². The number of anilines is 1. The predicted octanol–water partition coefficient (Wildman–Crippen LogP) is 2.83. The minimum Gasteiger partial charge on any atom is -0.481 e. The quantitative estimate of drug-likeness (QED) is 0.887. The van der Waals surface area contributed by atoms with E-state index in [4.69, 9.17) is 10.4 Å². The number of aliphatic carboxylic acids is 1. The molecule has 0 fully saturated rings. The molecule has 5 heteroatoms. The maximum absolute atomic E-state index is 12.1. The average Bonchev–Trinajstić information content (AvgIpc) is 2.54. The van der Waals surface area contributed by atoms with E-state index in [0.29, 0.717) is 23.2 Å². The number of carboxylic acids is 1. The van der Waals surface area contributed by atoms with Crippen molar-refractivity contribution in [2.75, 3.05) is 5.32 Å². The van der Waals surface area contributed by atoms with Gasteiger partial charge in [0.05, 0.1) is 11.6 Å². The SMILES string of the molecule is N#Cc1cccc(C(=O)Nc2ccc(CCC(=O)O)cc2)c1. The van der Waals surface area contributed by atoms with Gasteiger partial charge >= 0.3 is 5.97 Å². The molecule has 0 spiro atoms. The van der Waals surface area contributed by atoms with E-state index in [2.05, 4.69) is 5.32 Å². The van der Waals surface area contributed by atoms with Gasteiger partial charge in [-0.2, -0.15) is 5.26 Å². The van der Waals surface area contributed by atoms with E-state index in [1.54, 1.807) is 42.5 Å². The predicted molar refractivity (Wildman–Crippen MR) is 81.5 cm³/mol. The molecule has 2 N–H and O–H groups in total. The van der Waals surface area contributed by atoms with E-state index in [0.717, 1.165) is 5.56 Å². The monoisotopic (exact) mass is 294 g/mol. The van der Waals surface area contributed by atoms with Crippen LogP contribution in [0.25, 0.3) is 0 Å². The normalized spacial score (nSPS) is 9.77. The van der Waals surface area contributed by atoms with Crippen molar-refractivity contribution in [2.45, 2.75) is 12.8 Å². The Kier molecular flexibility index (Phi) is 4.89. The van der Waals surface area contributed by atoms with E-state index in [9.17, 15) is 9.59 Å². The number of nitrogens with zero attached hydrogens (tertiary/aromatic N) is 1. The van der Waals surface area contributed by atoms with Crippen molar-refractivity contribution >= 4 is 17.6 Å². The van der Waals surface area contributed by atoms with Gasteiger partial charge in [0.2, 0.25) is 0 Å². The van der Waals surface area contributed by atoms with Crippen LogP contribution in [0.1, 0.15) is 27.9 Å². The lowest BCUT2D eigenvalue weighted by atomic mass is 10.1. The average molecular weight is 294 g/mol. The molecule has 0 atom stereocenters. The number of amides is 1. The summed E-state index contributed by atoms with van der Waals surface area (Å²) in [6, 6.07) is 15.5. The number of carbonyl (C=O) groups is 2. The van der Waals surface area contributed by atoms with Crippen LogP contribution < -0.4 is 5.32 Å². The van der Waals surface area contributed by atoms with Crippen molar-refractivity contribution in [1.29, 1.82) is 5.26 Å². The summed E-state index contributed by atoms with van der Waals surface area (Å²) >= 11 is 0. The fraction of sp³-hybridized carbons (Fsp3) is 0.118. The first-order valence-corrected chi connectivity index (χ1v) is 6.71. The van der Waals surface area contributed by atoms with Crippen LogP contribution in [0.2, 0.25) is 0 Å². The van der Waals surface area contributed by atoms with Crippen molar-refractivity contribution in [3.63, 3.8) is 0 Å². The van der Waals surface area contributed by atoms with Gasteiger partial charge < -0.3 is 10.4 Å². The van der Waals surface area contributed by atoms with Crippen LogP contribution in [0.5, 0.6) is 0 Å². The van der Waals surface area contributed by atoms with Crippen LogP contribution in [0.3, 0.4) is 0 Å². The molecule has 1 amide bonds. The lowest BCUT2D eigenvalue weighted by molar-refractivity contribution is -0.136. The zero-order valence-corrected chi connectivity index (χ0v) is 11.7. The molecule has 2 rings (SSSR count). The first-order valence-electron chi connectivity index (χ1n) is 6.71. The van der Waals surface area contributed by atoms with Crippen molar-refractivity contribution in [3.05, 3.63) is 65.2 Å². The lowest BCUT2D eigenvalue weighted by Crippen LogP contribution is -2.12.